The van der Waals surface area contributed by atoms with Gasteiger partial charge in [0.2, 0.25) is 0 Å². The number of nitrogens with zero attached hydrogens (tertiary/aromatic N) is 2. The van der Waals surface area contributed by atoms with Crippen molar-refractivity contribution in [3.8, 4) is 5.75 Å². The fraction of sp³-hybridized carbons (Fsp3) is 0.375. The second-order valence-corrected chi connectivity index (χ2v) is 7.57. The maximum absolute atomic E-state index is 12.5. The number of carbonyl (C=O) groups excluding carboxylic acids is 1. The number of hydrogen-bond donors (Lipinski definition) is 0. The van der Waals surface area contributed by atoms with Gasteiger partial charge >= 0.3 is 0 Å². The molecule has 4 rings (SSSR count). The van der Waals surface area contributed by atoms with Gasteiger partial charge in [-0.15, -0.1) is 0 Å². The summed E-state index contributed by atoms with van der Waals surface area (Å²) in [6.45, 7) is 4.40. The van der Waals surface area contributed by atoms with E-state index in [0.29, 0.717) is 0 Å². The molecule has 1 saturated heterocycles. The molecule has 1 amide bonds. The number of amides is 1. The molecule has 1 aliphatic heterocycles. The van der Waals surface area contributed by atoms with Crippen LogP contribution < -0.4 is 4.74 Å². The molecule has 0 atom stereocenters. The molecule has 1 aliphatic carbocycles. The lowest BCUT2D eigenvalue weighted by atomic mass is 10.1. The second-order valence-electron chi connectivity index (χ2n) is 7.57. The van der Waals surface area contributed by atoms with Crippen molar-refractivity contribution in [2.75, 3.05) is 39.3 Å². The molecule has 0 spiro atoms. The Balaban J connectivity index is 1.19. The van der Waals surface area contributed by atoms with E-state index in [4.69, 9.17) is 4.74 Å². The van der Waals surface area contributed by atoms with Crippen LogP contribution in [-0.4, -0.2) is 55.0 Å². The van der Waals surface area contributed by atoms with Crippen LogP contribution in [0.3, 0.4) is 0 Å². The summed E-state index contributed by atoms with van der Waals surface area (Å²) in [5, 5.41) is 0. The van der Waals surface area contributed by atoms with Gasteiger partial charge in [-0.05, 0) is 48.1 Å². The van der Waals surface area contributed by atoms with Crippen molar-refractivity contribution in [3.05, 3.63) is 71.3 Å². The largest absolute Gasteiger partial charge is 0.484 e. The third-order valence-corrected chi connectivity index (χ3v) is 5.63. The molecule has 2 aromatic carbocycles. The average Bonchev–Trinajstić information content (AvgIpc) is 3.21. The number of aryl methyl sites for hydroxylation is 2. The van der Waals surface area contributed by atoms with Crippen LogP contribution in [-0.2, 0) is 17.6 Å². The zero-order valence-corrected chi connectivity index (χ0v) is 16.3. The number of carbonyl (C=O) groups is 1. The monoisotopic (exact) mass is 376 g/mol. The number of fused-ring (bicyclic) bond motifs is 1. The van der Waals surface area contributed by atoms with Crippen LogP contribution in [0.25, 0.3) is 6.08 Å². The van der Waals surface area contributed by atoms with Crippen LogP contribution >= 0.6 is 0 Å². The topological polar surface area (TPSA) is 32.8 Å². The van der Waals surface area contributed by atoms with Crippen LogP contribution in [0.15, 0.2) is 54.6 Å². The average molecular weight is 377 g/mol. The van der Waals surface area contributed by atoms with Gasteiger partial charge in [0.25, 0.3) is 5.91 Å². The van der Waals surface area contributed by atoms with E-state index in [2.05, 4.69) is 53.5 Å². The summed E-state index contributed by atoms with van der Waals surface area (Å²) < 4.78 is 5.77. The van der Waals surface area contributed by atoms with Gasteiger partial charge in [0.05, 0.1) is 0 Å². The van der Waals surface area contributed by atoms with Gasteiger partial charge in [-0.2, -0.15) is 0 Å². The standard InChI is InChI=1S/C24H28N2O2/c27-24(19-28-23-12-11-21-9-4-10-22(21)18-23)26-16-14-25(15-17-26)13-5-8-20-6-2-1-3-7-20/h1-3,5-8,11-12,18H,4,9-10,13-17,19H2/b8-5+. The molecule has 4 heteroatoms. The predicted molar refractivity (Wildman–Crippen MR) is 112 cm³/mol. The van der Waals surface area contributed by atoms with Crippen LogP contribution in [0, 0.1) is 0 Å². The third-order valence-electron chi connectivity index (χ3n) is 5.63. The van der Waals surface area contributed by atoms with Gasteiger partial charge in [0, 0.05) is 32.7 Å². The Morgan fingerprint density at radius 2 is 1.75 bits per heavy atom. The third kappa shape index (κ3) is 4.82. The van der Waals surface area contributed by atoms with Crippen molar-refractivity contribution in [2.45, 2.75) is 19.3 Å². The Labute approximate surface area is 167 Å². The molecule has 0 saturated carbocycles. The number of ether oxygens (including phenoxy) is 1. The van der Waals surface area contributed by atoms with E-state index >= 15 is 0 Å². The Bertz CT molecular complexity index is 824. The van der Waals surface area contributed by atoms with E-state index in [1.165, 1.54) is 29.5 Å². The van der Waals surface area contributed by atoms with Crippen molar-refractivity contribution in [3.63, 3.8) is 0 Å². The Kier molecular flexibility index (Phi) is 6.07. The summed E-state index contributed by atoms with van der Waals surface area (Å²) in [5.41, 5.74) is 4.03. The first-order chi connectivity index (χ1) is 13.8. The van der Waals surface area contributed by atoms with Crippen LogP contribution in [0.1, 0.15) is 23.1 Å². The summed E-state index contributed by atoms with van der Waals surface area (Å²) >= 11 is 0. The van der Waals surface area contributed by atoms with Crippen LogP contribution in [0.4, 0.5) is 0 Å². The van der Waals surface area contributed by atoms with Crippen LogP contribution in [0.2, 0.25) is 0 Å². The van der Waals surface area contributed by atoms with Gasteiger partial charge in [0.1, 0.15) is 5.75 Å². The van der Waals surface area contributed by atoms with Gasteiger partial charge < -0.3 is 9.64 Å². The normalized spacial score (nSPS) is 17.1. The molecular weight excluding hydrogens is 348 g/mol. The molecule has 0 radical (unpaired) electrons. The summed E-state index contributed by atoms with van der Waals surface area (Å²) in [4.78, 5) is 16.8. The minimum atomic E-state index is 0.0833. The molecule has 0 unspecified atom stereocenters. The SMILES string of the molecule is O=C(COc1ccc2c(c1)CCC2)N1CCN(C/C=C/c2ccccc2)CC1. The number of rotatable bonds is 6. The van der Waals surface area contributed by atoms with Gasteiger partial charge in [-0.1, -0.05) is 48.6 Å². The molecule has 1 heterocycles. The molecule has 0 aromatic heterocycles. The number of piperazine rings is 1. The first-order valence-corrected chi connectivity index (χ1v) is 10.2. The molecule has 146 valence electrons. The fourth-order valence-corrected chi connectivity index (χ4v) is 3.96. The molecular formula is C24H28N2O2. The Morgan fingerprint density at radius 3 is 2.57 bits per heavy atom. The first kappa shape index (κ1) is 18.8. The Morgan fingerprint density at radius 1 is 0.964 bits per heavy atom. The highest BCUT2D eigenvalue weighted by Gasteiger charge is 2.21. The highest BCUT2D eigenvalue weighted by molar-refractivity contribution is 5.77. The molecule has 0 bridgehead atoms. The second kappa shape index (κ2) is 9.07. The van der Waals surface area contributed by atoms with E-state index in [9.17, 15) is 4.79 Å². The minimum absolute atomic E-state index is 0.0833. The number of benzene rings is 2. The van der Waals surface area contributed by atoms with Gasteiger partial charge in [0.15, 0.2) is 6.61 Å². The van der Waals surface area contributed by atoms with Crippen molar-refractivity contribution in [1.82, 2.24) is 9.80 Å². The zero-order valence-electron chi connectivity index (χ0n) is 16.3. The molecule has 2 aromatic rings. The zero-order chi connectivity index (χ0) is 19.2. The lowest BCUT2D eigenvalue weighted by Gasteiger charge is -2.34. The van der Waals surface area contributed by atoms with E-state index in [1.54, 1.807) is 0 Å². The van der Waals surface area contributed by atoms with Gasteiger partial charge in [-0.25, -0.2) is 0 Å². The summed E-state index contributed by atoms with van der Waals surface area (Å²) in [6, 6.07) is 16.6. The predicted octanol–water partition coefficient (Wildman–Crippen LogP) is 3.41. The smallest absolute Gasteiger partial charge is 0.260 e. The number of hydrogen-bond acceptors (Lipinski definition) is 3. The van der Waals surface area contributed by atoms with Gasteiger partial charge in [-0.3, -0.25) is 9.69 Å². The van der Waals surface area contributed by atoms with E-state index < -0.39 is 0 Å². The van der Waals surface area contributed by atoms with Crippen LogP contribution in [0.5, 0.6) is 5.75 Å². The van der Waals surface area contributed by atoms with Crippen molar-refractivity contribution < 1.29 is 9.53 Å². The van der Waals surface area contributed by atoms with Crippen molar-refractivity contribution >= 4 is 12.0 Å². The highest BCUT2D eigenvalue weighted by Crippen LogP contribution is 2.26. The molecule has 2 aliphatic rings. The van der Waals surface area contributed by atoms with Crippen molar-refractivity contribution in [1.29, 1.82) is 0 Å². The first-order valence-electron chi connectivity index (χ1n) is 10.2. The molecule has 0 N–H and O–H groups in total. The van der Waals surface area contributed by atoms with E-state index in [0.717, 1.165) is 44.9 Å². The quantitative estimate of drug-likeness (QED) is 0.775. The fourth-order valence-electron chi connectivity index (χ4n) is 3.96. The lowest BCUT2D eigenvalue weighted by Crippen LogP contribution is -2.49. The molecule has 4 nitrogen and oxygen atoms in total. The molecule has 1 fully saturated rings. The van der Waals surface area contributed by atoms with E-state index in [1.807, 2.05) is 17.0 Å². The Hall–Kier alpha value is -2.59. The lowest BCUT2D eigenvalue weighted by molar-refractivity contribution is -0.135. The minimum Gasteiger partial charge on any atom is -0.484 e. The molecule has 28 heavy (non-hydrogen) atoms. The summed E-state index contributed by atoms with van der Waals surface area (Å²) in [7, 11) is 0. The maximum Gasteiger partial charge on any atom is 0.260 e. The van der Waals surface area contributed by atoms with Crippen molar-refractivity contribution in [2.24, 2.45) is 0 Å². The summed E-state index contributed by atoms with van der Waals surface area (Å²) in [5.74, 6) is 0.902. The van der Waals surface area contributed by atoms with E-state index in [-0.39, 0.29) is 12.5 Å². The highest BCUT2D eigenvalue weighted by atomic mass is 16.5. The maximum atomic E-state index is 12.5. The summed E-state index contributed by atoms with van der Waals surface area (Å²) in [6.07, 6.45) is 7.87.